The van der Waals surface area contributed by atoms with Gasteiger partial charge in [0.15, 0.2) is 23.0 Å². The van der Waals surface area contributed by atoms with E-state index in [1.54, 1.807) is 42.7 Å². The summed E-state index contributed by atoms with van der Waals surface area (Å²) in [6.45, 7) is 1.82. The van der Waals surface area contributed by atoms with Gasteiger partial charge in [0.25, 0.3) is 0 Å². The zero-order chi connectivity index (χ0) is 31.3. The number of hydrogen-bond donors (Lipinski definition) is 0. The third-order valence-corrected chi connectivity index (χ3v) is 6.95. The van der Waals surface area contributed by atoms with Gasteiger partial charge in [0.1, 0.15) is 0 Å². The van der Waals surface area contributed by atoms with E-state index in [-0.39, 0.29) is 0 Å². The van der Waals surface area contributed by atoms with Crippen molar-refractivity contribution >= 4 is 12.2 Å². The van der Waals surface area contributed by atoms with Gasteiger partial charge in [-0.05, 0) is 57.6 Å². The predicted octanol–water partition coefficient (Wildman–Crippen LogP) is 7.34. The van der Waals surface area contributed by atoms with Gasteiger partial charge in [-0.15, -0.1) is 0 Å². The van der Waals surface area contributed by atoms with E-state index in [4.69, 9.17) is 37.9 Å². The molecule has 4 aromatic rings. The lowest BCUT2D eigenvalue weighted by Crippen LogP contribution is -1.99. The van der Waals surface area contributed by atoms with E-state index in [0.29, 0.717) is 60.9 Å². The van der Waals surface area contributed by atoms with Crippen LogP contribution in [-0.4, -0.2) is 42.7 Å². The molecule has 8 nitrogen and oxygen atoms in total. The summed E-state index contributed by atoms with van der Waals surface area (Å²) in [5, 5.41) is 0. The molecule has 0 saturated heterocycles. The molecule has 4 aromatic carbocycles. The summed E-state index contributed by atoms with van der Waals surface area (Å²) in [5.41, 5.74) is 6.27. The fraction of sp³-hybridized carbons (Fsp3) is 0.278. The van der Waals surface area contributed by atoms with Crippen LogP contribution in [0.1, 0.15) is 33.4 Å². The van der Waals surface area contributed by atoms with Gasteiger partial charge < -0.3 is 37.9 Å². The van der Waals surface area contributed by atoms with E-state index in [1.165, 1.54) is 0 Å². The molecule has 4 rings (SSSR count). The number of rotatable bonds is 16. The van der Waals surface area contributed by atoms with E-state index < -0.39 is 0 Å². The van der Waals surface area contributed by atoms with Gasteiger partial charge in [-0.3, -0.25) is 0 Å². The predicted molar refractivity (Wildman–Crippen MR) is 171 cm³/mol. The zero-order valence-corrected chi connectivity index (χ0v) is 26.2. The molecule has 0 unspecified atom stereocenters. The fourth-order valence-electron chi connectivity index (χ4n) is 4.65. The van der Waals surface area contributed by atoms with Crippen molar-refractivity contribution in [3.63, 3.8) is 0 Å². The van der Waals surface area contributed by atoms with Gasteiger partial charge in [-0.1, -0.05) is 60.7 Å². The third-order valence-electron chi connectivity index (χ3n) is 6.95. The molecule has 0 heterocycles. The molecule has 0 fully saturated rings. The van der Waals surface area contributed by atoms with Crippen LogP contribution < -0.4 is 28.4 Å². The lowest BCUT2D eigenvalue weighted by Gasteiger charge is -2.14. The van der Waals surface area contributed by atoms with Crippen LogP contribution in [0.4, 0.5) is 0 Å². The monoisotopic (exact) mass is 600 g/mol. The highest BCUT2D eigenvalue weighted by Gasteiger charge is 2.14. The first kappa shape index (κ1) is 32.3. The number of benzene rings is 4. The maximum Gasteiger partial charge on any atom is 0.203 e. The fourth-order valence-corrected chi connectivity index (χ4v) is 4.65. The standard InChI is InChI=1S/C36H40O8/c1-37-31-17-29(18-32(38-2)35(31)41-5)23-43-21-27-13-9-25(10-14-27)7-8-26-11-15-28(16-12-26)22-44-24-30-19-33(39-3)36(42-6)34(20-30)40-4/h7-20H,21-24H2,1-6H3/b8-7+. The Morgan fingerprint density at radius 2 is 0.682 bits per heavy atom. The lowest BCUT2D eigenvalue weighted by molar-refractivity contribution is 0.106. The number of hydrogen-bond acceptors (Lipinski definition) is 8. The van der Waals surface area contributed by atoms with Crippen molar-refractivity contribution in [2.24, 2.45) is 0 Å². The highest BCUT2D eigenvalue weighted by atomic mass is 16.5. The third kappa shape index (κ3) is 8.46. The minimum absolute atomic E-state index is 0.421. The molecule has 232 valence electrons. The molecule has 0 atom stereocenters. The smallest absolute Gasteiger partial charge is 0.203 e. The summed E-state index contributed by atoms with van der Waals surface area (Å²) >= 11 is 0. The molecular weight excluding hydrogens is 560 g/mol. The van der Waals surface area contributed by atoms with Crippen molar-refractivity contribution in [3.05, 3.63) is 106 Å². The van der Waals surface area contributed by atoms with Crippen molar-refractivity contribution in [2.75, 3.05) is 42.7 Å². The lowest BCUT2D eigenvalue weighted by atomic mass is 10.1. The molecule has 44 heavy (non-hydrogen) atoms. The van der Waals surface area contributed by atoms with E-state index in [2.05, 4.69) is 60.7 Å². The zero-order valence-electron chi connectivity index (χ0n) is 26.2. The van der Waals surface area contributed by atoms with Crippen molar-refractivity contribution in [3.8, 4) is 34.5 Å². The number of ether oxygens (including phenoxy) is 8. The largest absolute Gasteiger partial charge is 0.493 e. The molecular formula is C36H40O8. The van der Waals surface area contributed by atoms with Gasteiger partial charge in [0.05, 0.1) is 69.1 Å². The highest BCUT2D eigenvalue weighted by molar-refractivity contribution is 5.69. The number of methoxy groups -OCH3 is 6. The molecule has 0 bridgehead atoms. The normalized spacial score (nSPS) is 11.0. The molecule has 0 aromatic heterocycles. The van der Waals surface area contributed by atoms with Crippen LogP contribution >= 0.6 is 0 Å². The Morgan fingerprint density at radius 3 is 0.955 bits per heavy atom. The van der Waals surface area contributed by atoms with Crippen molar-refractivity contribution < 1.29 is 37.9 Å². The molecule has 0 N–H and O–H groups in total. The highest BCUT2D eigenvalue weighted by Crippen LogP contribution is 2.39. The van der Waals surface area contributed by atoms with Gasteiger partial charge in [-0.2, -0.15) is 0 Å². The SMILES string of the molecule is COc1cc(COCc2ccc(/C=C/c3ccc(COCc4cc(OC)c(OC)c(OC)c4)cc3)cc2)cc(OC)c1OC. The Morgan fingerprint density at radius 1 is 0.386 bits per heavy atom. The molecule has 0 radical (unpaired) electrons. The van der Waals surface area contributed by atoms with Gasteiger partial charge in [-0.25, -0.2) is 0 Å². The Labute approximate surface area is 259 Å². The Kier molecular flexibility index (Phi) is 11.9. The summed E-state index contributed by atoms with van der Waals surface area (Å²) in [7, 11) is 9.58. The Balaban J connectivity index is 1.25. The van der Waals surface area contributed by atoms with Gasteiger partial charge in [0, 0.05) is 0 Å². The maximum absolute atomic E-state index is 5.95. The maximum atomic E-state index is 5.95. The first-order valence-electron chi connectivity index (χ1n) is 14.1. The van der Waals surface area contributed by atoms with E-state index in [1.807, 2.05) is 24.3 Å². The van der Waals surface area contributed by atoms with Crippen molar-refractivity contribution in [2.45, 2.75) is 26.4 Å². The molecule has 0 aliphatic carbocycles. The van der Waals surface area contributed by atoms with Crippen molar-refractivity contribution in [1.29, 1.82) is 0 Å². The van der Waals surface area contributed by atoms with Gasteiger partial charge >= 0.3 is 0 Å². The quantitative estimate of drug-likeness (QED) is 0.124. The second-order valence-electron chi connectivity index (χ2n) is 9.87. The first-order chi connectivity index (χ1) is 21.5. The molecule has 0 saturated carbocycles. The van der Waals surface area contributed by atoms with Crippen LogP contribution in [0.3, 0.4) is 0 Å². The second-order valence-corrected chi connectivity index (χ2v) is 9.87. The van der Waals surface area contributed by atoms with Gasteiger partial charge in [0.2, 0.25) is 11.5 Å². The average Bonchev–Trinajstić information content (AvgIpc) is 3.07. The molecule has 0 amide bonds. The van der Waals surface area contributed by atoms with Crippen molar-refractivity contribution in [1.82, 2.24) is 0 Å². The molecule has 0 aliphatic heterocycles. The summed E-state index contributed by atoms with van der Waals surface area (Å²) in [6, 6.07) is 24.2. The molecule has 0 aliphatic rings. The van der Waals surface area contributed by atoms with E-state index >= 15 is 0 Å². The molecule has 0 spiro atoms. The van der Waals surface area contributed by atoms with E-state index in [0.717, 1.165) is 33.4 Å². The van der Waals surface area contributed by atoms with Crippen LogP contribution in [0.25, 0.3) is 12.2 Å². The van der Waals surface area contributed by atoms with Crippen LogP contribution in [-0.2, 0) is 35.9 Å². The summed E-state index contributed by atoms with van der Waals surface area (Å²) in [6.07, 6.45) is 4.19. The Bertz CT molecular complexity index is 1350. The minimum atomic E-state index is 0.421. The summed E-state index contributed by atoms with van der Waals surface area (Å²) < 4.78 is 44.4. The van der Waals surface area contributed by atoms with Crippen LogP contribution in [0.15, 0.2) is 72.8 Å². The summed E-state index contributed by atoms with van der Waals surface area (Å²) in [5.74, 6) is 3.57. The summed E-state index contributed by atoms with van der Waals surface area (Å²) in [4.78, 5) is 0. The second kappa shape index (κ2) is 16.3. The first-order valence-corrected chi connectivity index (χ1v) is 14.1. The van der Waals surface area contributed by atoms with Crippen LogP contribution in [0, 0.1) is 0 Å². The van der Waals surface area contributed by atoms with E-state index in [9.17, 15) is 0 Å². The average molecular weight is 601 g/mol. The van der Waals surface area contributed by atoms with Crippen LogP contribution in [0.2, 0.25) is 0 Å². The van der Waals surface area contributed by atoms with Crippen LogP contribution in [0.5, 0.6) is 34.5 Å². The minimum Gasteiger partial charge on any atom is -0.493 e. The Hall–Kier alpha value is -4.66. The topological polar surface area (TPSA) is 73.8 Å². The molecule has 8 heteroatoms.